The number of benzene rings is 1. The van der Waals surface area contributed by atoms with Crippen molar-refractivity contribution in [2.75, 3.05) is 11.9 Å². The molecule has 0 atom stereocenters. The maximum Gasteiger partial charge on any atom is 0.257 e. The van der Waals surface area contributed by atoms with Crippen LogP contribution in [0.1, 0.15) is 24.1 Å². The first-order chi connectivity index (χ1) is 12.7. The van der Waals surface area contributed by atoms with E-state index >= 15 is 0 Å². The van der Waals surface area contributed by atoms with E-state index in [1.54, 1.807) is 4.52 Å². The largest absolute Gasteiger partial charge is 0.368 e. The van der Waals surface area contributed by atoms with Gasteiger partial charge in [-0.3, -0.25) is 0 Å². The summed E-state index contributed by atoms with van der Waals surface area (Å²) in [5.41, 5.74) is 2.90. The summed E-state index contributed by atoms with van der Waals surface area (Å²) >= 11 is 0. The Balaban J connectivity index is 1.37. The van der Waals surface area contributed by atoms with Crippen LogP contribution in [-0.4, -0.2) is 36.5 Å². The molecule has 0 fully saturated rings. The molecule has 132 valence electrons. The van der Waals surface area contributed by atoms with Crippen LogP contribution in [0.5, 0.6) is 0 Å². The van der Waals surface area contributed by atoms with Crippen LogP contribution in [-0.2, 0) is 12.8 Å². The lowest BCUT2D eigenvalue weighted by Gasteiger charge is -2.06. The molecule has 0 amide bonds. The van der Waals surface area contributed by atoms with Gasteiger partial charge >= 0.3 is 0 Å². The number of fused-ring (bicyclic) bond motifs is 1. The van der Waals surface area contributed by atoms with Gasteiger partial charge in [0.2, 0.25) is 0 Å². The maximum atomic E-state index is 5.26. The van der Waals surface area contributed by atoms with E-state index in [0.29, 0.717) is 5.89 Å². The number of hydrogen-bond donors (Lipinski definition) is 1. The predicted molar refractivity (Wildman–Crippen MR) is 96.8 cm³/mol. The van der Waals surface area contributed by atoms with Crippen LogP contribution in [0, 0.1) is 6.92 Å². The molecular weight excluding hydrogens is 330 g/mol. The van der Waals surface area contributed by atoms with Crippen LogP contribution < -0.4 is 5.32 Å². The monoisotopic (exact) mass is 349 g/mol. The van der Waals surface area contributed by atoms with E-state index in [0.717, 1.165) is 48.1 Å². The van der Waals surface area contributed by atoms with Crippen LogP contribution >= 0.6 is 0 Å². The second kappa shape index (κ2) is 6.91. The lowest BCUT2D eigenvalue weighted by molar-refractivity contribution is 0.423. The molecule has 0 bridgehead atoms. The minimum atomic E-state index is 0.563. The van der Waals surface area contributed by atoms with Gasteiger partial charge in [0.05, 0.1) is 0 Å². The van der Waals surface area contributed by atoms with E-state index in [1.165, 1.54) is 5.56 Å². The van der Waals surface area contributed by atoms with Gasteiger partial charge in [0.1, 0.15) is 5.82 Å². The molecule has 0 spiro atoms. The summed E-state index contributed by atoms with van der Waals surface area (Å²) < 4.78 is 6.99. The molecule has 0 saturated carbocycles. The van der Waals surface area contributed by atoms with E-state index in [1.807, 2.05) is 38.1 Å². The standard InChI is InChI=1S/C18H19N7O/c1-3-15-20-18(26-24-15)14-6-4-13(5-7-14)10-11-19-16-8-9-17-22-21-12(2)25(17)23-16/h4-9H,3,10-11H2,1-2H3,(H,19,23). The van der Waals surface area contributed by atoms with E-state index in [9.17, 15) is 0 Å². The summed E-state index contributed by atoms with van der Waals surface area (Å²) in [5, 5.41) is 19.8. The van der Waals surface area contributed by atoms with E-state index in [2.05, 4.69) is 42.9 Å². The SMILES string of the molecule is CCc1noc(-c2ccc(CCNc3ccc4nnc(C)n4n3)cc2)n1. The van der Waals surface area contributed by atoms with Crippen molar-refractivity contribution in [3.05, 3.63) is 53.6 Å². The second-order valence-electron chi connectivity index (χ2n) is 5.98. The number of hydrogen-bond acceptors (Lipinski definition) is 7. The summed E-state index contributed by atoms with van der Waals surface area (Å²) in [6.07, 6.45) is 1.65. The van der Waals surface area contributed by atoms with Crippen molar-refractivity contribution in [2.45, 2.75) is 26.7 Å². The van der Waals surface area contributed by atoms with E-state index in [-0.39, 0.29) is 0 Å². The van der Waals surface area contributed by atoms with Crippen molar-refractivity contribution in [1.82, 2.24) is 30.0 Å². The Hall–Kier alpha value is -3.29. The molecule has 0 aliphatic heterocycles. The van der Waals surface area contributed by atoms with Crippen molar-refractivity contribution in [1.29, 1.82) is 0 Å². The Bertz CT molecular complexity index is 1020. The van der Waals surface area contributed by atoms with E-state index in [4.69, 9.17) is 4.52 Å². The highest BCUT2D eigenvalue weighted by Gasteiger charge is 2.07. The van der Waals surface area contributed by atoms with Crippen molar-refractivity contribution >= 4 is 11.5 Å². The minimum Gasteiger partial charge on any atom is -0.368 e. The third-order valence-corrected chi connectivity index (χ3v) is 4.12. The third kappa shape index (κ3) is 3.26. The predicted octanol–water partition coefficient (Wildman–Crippen LogP) is 2.70. The molecule has 1 aromatic carbocycles. The van der Waals surface area contributed by atoms with Gasteiger partial charge in [0.25, 0.3) is 5.89 Å². The van der Waals surface area contributed by atoms with Gasteiger partial charge in [-0.05, 0) is 43.2 Å². The normalized spacial score (nSPS) is 11.2. The first kappa shape index (κ1) is 16.2. The maximum absolute atomic E-state index is 5.26. The Morgan fingerprint density at radius 2 is 1.92 bits per heavy atom. The molecule has 0 unspecified atom stereocenters. The highest BCUT2D eigenvalue weighted by molar-refractivity contribution is 5.53. The molecule has 4 aromatic rings. The zero-order valence-corrected chi connectivity index (χ0v) is 14.7. The van der Waals surface area contributed by atoms with Crippen LogP contribution in [0.25, 0.3) is 17.1 Å². The molecule has 0 aliphatic rings. The van der Waals surface area contributed by atoms with Gasteiger partial charge in [-0.1, -0.05) is 24.2 Å². The first-order valence-electron chi connectivity index (χ1n) is 8.58. The Labute approximate surface area is 150 Å². The van der Waals surface area contributed by atoms with Crippen molar-refractivity contribution in [3.63, 3.8) is 0 Å². The minimum absolute atomic E-state index is 0.563. The molecular formula is C18H19N7O. The van der Waals surface area contributed by atoms with Gasteiger partial charge in [-0.25, -0.2) is 0 Å². The first-order valence-corrected chi connectivity index (χ1v) is 8.58. The Morgan fingerprint density at radius 1 is 1.08 bits per heavy atom. The summed E-state index contributed by atoms with van der Waals surface area (Å²) in [4.78, 5) is 4.35. The third-order valence-electron chi connectivity index (χ3n) is 4.12. The number of anilines is 1. The van der Waals surface area contributed by atoms with Gasteiger partial charge in [0.15, 0.2) is 17.3 Å². The van der Waals surface area contributed by atoms with Gasteiger partial charge in [-0.15, -0.1) is 15.3 Å². The lowest BCUT2D eigenvalue weighted by atomic mass is 10.1. The van der Waals surface area contributed by atoms with Crippen LogP contribution in [0.4, 0.5) is 5.82 Å². The highest BCUT2D eigenvalue weighted by atomic mass is 16.5. The van der Waals surface area contributed by atoms with Crippen LogP contribution in [0.2, 0.25) is 0 Å². The number of aromatic nitrogens is 6. The van der Waals surface area contributed by atoms with Crippen molar-refractivity contribution in [3.8, 4) is 11.5 Å². The van der Waals surface area contributed by atoms with Crippen LogP contribution in [0.15, 0.2) is 40.9 Å². The fourth-order valence-electron chi connectivity index (χ4n) is 2.65. The number of nitrogens with zero attached hydrogens (tertiary/aromatic N) is 6. The summed E-state index contributed by atoms with van der Waals surface area (Å²) in [7, 11) is 0. The zero-order valence-electron chi connectivity index (χ0n) is 14.7. The molecule has 1 N–H and O–H groups in total. The molecule has 3 heterocycles. The molecule has 4 rings (SSSR count). The number of rotatable bonds is 6. The second-order valence-corrected chi connectivity index (χ2v) is 5.98. The average molecular weight is 349 g/mol. The summed E-state index contributed by atoms with van der Waals surface area (Å²) in [6.45, 7) is 4.66. The van der Waals surface area contributed by atoms with Gasteiger partial charge in [-0.2, -0.15) is 9.50 Å². The lowest BCUT2D eigenvalue weighted by Crippen LogP contribution is -2.08. The molecule has 3 aromatic heterocycles. The number of aryl methyl sites for hydroxylation is 2. The highest BCUT2D eigenvalue weighted by Crippen LogP contribution is 2.18. The van der Waals surface area contributed by atoms with Gasteiger partial charge in [0, 0.05) is 18.5 Å². The molecule has 0 radical (unpaired) electrons. The van der Waals surface area contributed by atoms with Crippen molar-refractivity contribution < 1.29 is 4.52 Å². The molecule has 26 heavy (non-hydrogen) atoms. The average Bonchev–Trinajstić information content (AvgIpc) is 3.30. The molecule has 0 aliphatic carbocycles. The smallest absolute Gasteiger partial charge is 0.257 e. The van der Waals surface area contributed by atoms with E-state index < -0.39 is 0 Å². The summed E-state index contributed by atoms with van der Waals surface area (Å²) in [5.74, 6) is 2.86. The fourth-order valence-corrected chi connectivity index (χ4v) is 2.65. The van der Waals surface area contributed by atoms with Crippen molar-refractivity contribution in [2.24, 2.45) is 0 Å². The zero-order chi connectivity index (χ0) is 17.9. The quantitative estimate of drug-likeness (QED) is 0.572. The molecule has 8 nitrogen and oxygen atoms in total. The number of nitrogens with one attached hydrogen (secondary N) is 1. The molecule has 8 heteroatoms. The van der Waals surface area contributed by atoms with Crippen LogP contribution in [0.3, 0.4) is 0 Å². The summed E-state index contributed by atoms with van der Waals surface area (Å²) in [6, 6.07) is 12.0. The molecule has 0 saturated heterocycles. The van der Waals surface area contributed by atoms with Gasteiger partial charge < -0.3 is 9.84 Å². The Kier molecular flexibility index (Phi) is 4.30. The Morgan fingerprint density at radius 3 is 2.69 bits per heavy atom. The topological polar surface area (TPSA) is 94.0 Å². The fraction of sp³-hybridized carbons (Fsp3) is 0.278.